The van der Waals surface area contributed by atoms with E-state index in [2.05, 4.69) is 14.9 Å². The summed E-state index contributed by atoms with van der Waals surface area (Å²) in [6.07, 6.45) is -3.43. The van der Waals surface area contributed by atoms with E-state index in [-0.39, 0.29) is 5.75 Å². The minimum atomic E-state index is -4.75. The molecule has 2 aromatic carbocycles. The van der Waals surface area contributed by atoms with Gasteiger partial charge in [-0.05, 0) is 42.0 Å². The maximum atomic E-state index is 12.3. The number of ether oxygens (including phenoxy) is 3. The average Bonchev–Trinajstić information content (AvgIpc) is 3.27. The zero-order valence-corrected chi connectivity index (χ0v) is 17.2. The summed E-state index contributed by atoms with van der Waals surface area (Å²) in [5.41, 5.74) is 2.42. The number of carbonyl (C=O) groups excluding carboxylic acids is 1. The van der Waals surface area contributed by atoms with E-state index in [4.69, 9.17) is 14.3 Å². The summed E-state index contributed by atoms with van der Waals surface area (Å²) in [6.45, 7) is 0. The van der Waals surface area contributed by atoms with Gasteiger partial charge in [0, 0.05) is 5.56 Å². The summed E-state index contributed by atoms with van der Waals surface area (Å²) < 4.78 is 51.1. The Kier molecular flexibility index (Phi) is 6.16. The largest absolute Gasteiger partial charge is 0.573 e. The molecule has 7 nitrogen and oxygen atoms in total. The molecule has 0 bridgehead atoms. The molecule has 2 heterocycles. The van der Waals surface area contributed by atoms with Crippen LogP contribution in [0, 0.1) is 0 Å². The summed E-state index contributed by atoms with van der Waals surface area (Å²) in [6, 6.07) is 15.7. The maximum absolute atomic E-state index is 12.3. The first-order valence-electron chi connectivity index (χ1n) is 9.72. The fraction of sp³-hybridized carbons (Fsp3) is 0.174. The molecule has 1 aliphatic heterocycles. The number of carbonyl (C=O) groups is 1. The highest BCUT2D eigenvalue weighted by atomic mass is 19.4. The van der Waals surface area contributed by atoms with E-state index >= 15 is 0 Å². The van der Waals surface area contributed by atoms with Crippen molar-refractivity contribution in [1.29, 1.82) is 0 Å². The lowest BCUT2D eigenvalue weighted by molar-refractivity contribution is -0.274. The zero-order valence-electron chi connectivity index (χ0n) is 17.2. The van der Waals surface area contributed by atoms with Gasteiger partial charge in [-0.1, -0.05) is 29.4 Å². The zero-order chi connectivity index (χ0) is 23.4. The van der Waals surface area contributed by atoms with E-state index in [9.17, 15) is 18.0 Å². The first kappa shape index (κ1) is 22.1. The third-order valence-electron chi connectivity index (χ3n) is 4.68. The number of oxime groups is 1. The number of esters is 1. The molecule has 0 aliphatic carbocycles. The third kappa shape index (κ3) is 5.59. The van der Waals surface area contributed by atoms with Crippen molar-refractivity contribution < 1.29 is 37.0 Å². The van der Waals surface area contributed by atoms with E-state index in [1.165, 1.54) is 37.6 Å². The van der Waals surface area contributed by atoms with Crippen molar-refractivity contribution in [2.45, 2.75) is 18.9 Å². The Morgan fingerprint density at radius 3 is 2.48 bits per heavy atom. The standard InChI is InChI=1S/C23H17F3N2O5/c1-30-22(29)16-4-2-3-15(11-16)19-10-9-18(13-27-19)31-21-12-20(33-28-21)14-5-7-17(8-6-14)32-23(24,25)26/h2-11,13,20H,12H2,1H3/t20-/m1/s1. The quantitative estimate of drug-likeness (QED) is 0.484. The van der Waals surface area contributed by atoms with Crippen LogP contribution in [0.2, 0.25) is 0 Å². The number of rotatable bonds is 5. The van der Waals surface area contributed by atoms with Gasteiger partial charge in [0.15, 0.2) is 6.10 Å². The summed E-state index contributed by atoms with van der Waals surface area (Å²) >= 11 is 0. The fourth-order valence-corrected chi connectivity index (χ4v) is 3.15. The molecular weight excluding hydrogens is 441 g/mol. The van der Waals surface area contributed by atoms with Crippen molar-refractivity contribution >= 4 is 11.9 Å². The number of methoxy groups -OCH3 is 1. The van der Waals surface area contributed by atoms with Gasteiger partial charge in [-0.15, -0.1) is 13.2 Å². The Bertz CT molecular complexity index is 1160. The molecular formula is C23H17F3N2O5. The lowest BCUT2D eigenvalue weighted by Crippen LogP contribution is -2.17. The number of pyridine rings is 1. The Hall–Kier alpha value is -4.08. The minimum Gasteiger partial charge on any atom is -0.465 e. The molecule has 1 atom stereocenters. The SMILES string of the molecule is COC(=O)c1cccc(-c2ccc(OC3=NO[C@@H](c4ccc(OC(F)(F)F)cc4)C3)cn2)c1. The van der Waals surface area contributed by atoms with Crippen molar-refractivity contribution in [1.82, 2.24) is 4.98 Å². The molecule has 0 unspecified atom stereocenters. The van der Waals surface area contributed by atoms with Gasteiger partial charge in [0.1, 0.15) is 11.5 Å². The summed E-state index contributed by atoms with van der Waals surface area (Å²) in [5.74, 6) is -0.0179. The van der Waals surface area contributed by atoms with Crippen LogP contribution in [-0.4, -0.2) is 30.3 Å². The van der Waals surface area contributed by atoms with Crippen LogP contribution in [0.3, 0.4) is 0 Å². The summed E-state index contributed by atoms with van der Waals surface area (Å²) in [7, 11) is 1.32. The van der Waals surface area contributed by atoms with Crippen LogP contribution in [0.15, 0.2) is 72.0 Å². The molecule has 0 saturated heterocycles. The predicted molar refractivity (Wildman–Crippen MR) is 111 cm³/mol. The molecule has 1 aliphatic rings. The van der Waals surface area contributed by atoms with Crippen LogP contribution in [0.25, 0.3) is 11.3 Å². The van der Waals surface area contributed by atoms with Gasteiger partial charge in [-0.3, -0.25) is 4.98 Å². The van der Waals surface area contributed by atoms with Crippen molar-refractivity contribution in [2.75, 3.05) is 7.11 Å². The van der Waals surface area contributed by atoms with Crippen LogP contribution in [0.5, 0.6) is 11.5 Å². The Morgan fingerprint density at radius 2 is 1.82 bits per heavy atom. The van der Waals surface area contributed by atoms with Crippen molar-refractivity contribution in [3.8, 4) is 22.8 Å². The second-order valence-corrected chi connectivity index (χ2v) is 6.95. The van der Waals surface area contributed by atoms with Gasteiger partial charge < -0.3 is 19.0 Å². The van der Waals surface area contributed by atoms with Crippen LogP contribution in [0.1, 0.15) is 28.4 Å². The van der Waals surface area contributed by atoms with Crippen LogP contribution in [0.4, 0.5) is 13.2 Å². The van der Waals surface area contributed by atoms with Crippen LogP contribution >= 0.6 is 0 Å². The topological polar surface area (TPSA) is 79.2 Å². The maximum Gasteiger partial charge on any atom is 0.573 e. The first-order chi connectivity index (χ1) is 15.8. The number of nitrogens with zero attached hydrogens (tertiary/aromatic N) is 2. The second-order valence-electron chi connectivity index (χ2n) is 6.95. The van der Waals surface area contributed by atoms with E-state index in [1.807, 2.05) is 6.07 Å². The number of aromatic nitrogens is 1. The highest BCUT2D eigenvalue weighted by Crippen LogP contribution is 2.31. The smallest absolute Gasteiger partial charge is 0.465 e. The van der Waals surface area contributed by atoms with E-state index in [0.29, 0.717) is 34.9 Å². The second kappa shape index (κ2) is 9.19. The van der Waals surface area contributed by atoms with Gasteiger partial charge in [0.2, 0.25) is 5.90 Å². The molecule has 0 radical (unpaired) electrons. The molecule has 3 aromatic rings. The molecule has 0 N–H and O–H groups in total. The van der Waals surface area contributed by atoms with E-state index < -0.39 is 18.4 Å². The summed E-state index contributed by atoms with van der Waals surface area (Å²) in [4.78, 5) is 21.4. The van der Waals surface area contributed by atoms with Gasteiger partial charge in [0.05, 0.1) is 31.0 Å². The van der Waals surface area contributed by atoms with Gasteiger partial charge >= 0.3 is 12.3 Å². The van der Waals surface area contributed by atoms with E-state index in [1.54, 1.807) is 30.3 Å². The lowest BCUT2D eigenvalue weighted by Gasteiger charge is -2.11. The average molecular weight is 458 g/mol. The molecule has 0 spiro atoms. The van der Waals surface area contributed by atoms with Gasteiger partial charge in [-0.25, -0.2) is 4.79 Å². The highest BCUT2D eigenvalue weighted by Gasteiger charge is 2.31. The lowest BCUT2D eigenvalue weighted by atomic mass is 10.1. The van der Waals surface area contributed by atoms with E-state index in [0.717, 1.165) is 5.56 Å². The fourth-order valence-electron chi connectivity index (χ4n) is 3.15. The number of alkyl halides is 3. The normalized spacial score (nSPS) is 15.4. The molecule has 0 saturated carbocycles. The first-order valence-corrected chi connectivity index (χ1v) is 9.72. The number of hydrogen-bond acceptors (Lipinski definition) is 7. The molecule has 10 heteroatoms. The van der Waals surface area contributed by atoms with Crippen LogP contribution in [-0.2, 0) is 9.57 Å². The molecule has 170 valence electrons. The predicted octanol–water partition coefficient (Wildman–Crippen LogP) is 5.29. The van der Waals surface area contributed by atoms with Gasteiger partial charge in [0.25, 0.3) is 0 Å². The molecule has 0 fully saturated rings. The highest BCUT2D eigenvalue weighted by molar-refractivity contribution is 5.90. The Balaban J connectivity index is 1.36. The molecule has 4 rings (SSSR count). The molecule has 33 heavy (non-hydrogen) atoms. The molecule has 1 aromatic heterocycles. The number of hydrogen-bond donors (Lipinski definition) is 0. The van der Waals surface area contributed by atoms with Crippen molar-refractivity contribution in [3.05, 3.63) is 78.0 Å². The van der Waals surface area contributed by atoms with Gasteiger partial charge in [-0.2, -0.15) is 0 Å². The third-order valence-corrected chi connectivity index (χ3v) is 4.68. The monoisotopic (exact) mass is 458 g/mol. The van der Waals surface area contributed by atoms with Crippen LogP contribution < -0.4 is 9.47 Å². The number of halogens is 3. The Labute approximate surface area is 186 Å². The minimum absolute atomic E-state index is 0.294. The Morgan fingerprint density at radius 1 is 1.06 bits per heavy atom. The summed E-state index contributed by atoms with van der Waals surface area (Å²) in [5, 5.41) is 3.90. The molecule has 0 amide bonds. The number of benzene rings is 2. The van der Waals surface area contributed by atoms with Crippen molar-refractivity contribution in [3.63, 3.8) is 0 Å². The van der Waals surface area contributed by atoms with Crippen molar-refractivity contribution in [2.24, 2.45) is 5.16 Å².